The summed E-state index contributed by atoms with van der Waals surface area (Å²) in [5.74, 6) is -0.607. The summed E-state index contributed by atoms with van der Waals surface area (Å²) in [6.45, 7) is 4.27. The molecule has 1 aliphatic carbocycles. The van der Waals surface area contributed by atoms with Crippen LogP contribution in [-0.4, -0.2) is 36.1 Å². The first-order chi connectivity index (χ1) is 10.5. The van der Waals surface area contributed by atoms with Gasteiger partial charge in [0.15, 0.2) is 0 Å². The predicted octanol–water partition coefficient (Wildman–Crippen LogP) is 3.54. The van der Waals surface area contributed by atoms with Crippen LogP contribution in [0.2, 0.25) is 5.02 Å². The van der Waals surface area contributed by atoms with Gasteiger partial charge in [-0.25, -0.2) is 4.79 Å². The lowest BCUT2D eigenvalue weighted by Gasteiger charge is -2.25. The fraction of sp³-hybridized carbons (Fsp3) is 0.500. The first kappa shape index (κ1) is 16.6. The number of hydrogen-bond acceptors (Lipinski definition) is 3. The van der Waals surface area contributed by atoms with Crippen molar-refractivity contribution >= 4 is 29.3 Å². The zero-order valence-electron chi connectivity index (χ0n) is 12.8. The summed E-state index contributed by atoms with van der Waals surface area (Å²) in [6, 6.07) is 6.96. The Morgan fingerprint density at radius 1 is 1.36 bits per heavy atom. The molecule has 1 fully saturated rings. The van der Waals surface area contributed by atoms with Gasteiger partial charge in [-0.1, -0.05) is 18.5 Å². The van der Waals surface area contributed by atoms with Gasteiger partial charge in [-0.05, 0) is 44.0 Å². The monoisotopic (exact) mass is 324 g/mol. The van der Waals surface area contributed by atoms with Crippen LogP contribution in [0.4, 0.5) is 10.5 Å². The zero-order chi connectivity index (χ0) is 16.1. The molecule has 0 heterocycles. The van der Waals surface area contributed by atoms with Gasteiger partial charge in [-0.15, -0.1) is 0 Å². The molecule has 0 saturated heterocycles. The summed E-state index contributed by atoms with van der Waals surface area (Å²) < 4.78 is 5.00. The maximum atomic E-state index is 12.4. The maximum Gasteiger partial charge on any atom is 0.322 e. The van der Waals surface area contributed by atoms with Crippen LogP contribution in [0.1, 0.15) is 26.7 Å². The van der Waals surface area contributed by atoms with E-state index in [-0.39, 0.29) is 24.0 Å². The average molecular weight is 325 g/mol. The highest BCUT2D eigenvalue weighted by Crippen LogP contribution is 2.28. The molecule has 1 aliphatic rings. The van der Waals surface area contributed by atoms with E-state index in [1.165, 1.54) is 0 Å². The van der Waals surface area contributed by atoms with Gasteiger partial charge >= 0.3 is 12.0 Å². The van der Waals surface area contributed by atoms with E-state index in [1.807, 2.05) is 0 Å². The second-order valence-corrected chi connectivity index (χ2v) is 5.91. The fourth-order valence-corrected chi connectivity index (χ4v) is 2.29. The van der Waals surface area contributed by atoms with Crippen LogP contribution in [0, 0.1) is 5.92 Å². The lowest BCUT2D eigenvalue weighted by atomic mass is 10.1. The Kier molecular flexibility index (Phi) is 5.66. The number of benzene rings is 1. The Morgan fingerprint density at radius 3 is 2.55 bits per heavy atom. The van der Waals surface area contributed by atoms with Crippen molar-refractivity contribution in [3.63, 3.8) is 0 Å². The minimum absolute atomic E-state index is 0.194. The minimum Gasteiger partial charge on any atom is -0.466 e. The largest absolute Gasteiger partial charge is 0.466 e. The summed E-state index contributed by atoms with van der Waals surface area (Å²) in [6.07, 6.45) is 1.95. The number of hydrogen-bond donors (Lipinski definition) is 1. The van der Waals surface area contributed by atoms with Gasteiger partial charge < -0.3 is 15.0 Å². The smallest absolute Gasteiger partial charge is 0.322 e. The van der Waals surface area contributed by atoms with Crippen LogP contribution >= 0.6 is 11.6 Å². The highest BCUT2D eigenvalue weighted by Gasteiger charge is 2.34. The minimum atomic E-state index is -0.337. The number of anilines is 1. The van der Waals surface area contributed by atoms with E-state index < -0.39 is 0 Å². The summed E-state index contributed by atoms with van der Waals surface area (Å²) in [4.78, 5) is 25.9. The van der Waals surface area contributed by atoms with E-state index in [0.717, 1.165) is 12.8 Å². The average Bonchev–Trinajstić information content (AvgIpc) is 3.31. The van der Waals surface area contributed by atoms with Crippen molar-refractivity contribution in [2.45, 2.75) is 32.7 Å². The van der Waals surface area contributed by atoms with Crippen molar-refractivity contribution < 1.29 is 14.3 Å². The number of nitrogens with zero attached hydrogens (tertiary/aromatic N) is 1. The number of amides is 2. The number of halogens is 1. The van der Waals surface area contributed by atoms with Crippen LogP contribution in [0.3, 0.4) is 0 Å². The van der Waals surface area contributed by atoms with Crippen molar-refractivity contribution in [1.29, 1.82) is 0 Å². The van der Waals surface area contributed by atoms with Gasteiger partial charge in [-0.2, -0.15) is 0 Å². The topological polar surface area (TPSA) is 58.6 Å². The van der Waals surface area contributed by atoms with E-state index in [4.69, 9.17) is 16.3 Å². The number of carbonyl (C=O) groups excluding carboxylic acids is 2. The van der Waals surface area contributed by atoms with E-state index in [0.29, 0.717) is 23.9 Å². The third-order valence-electron chi connectivity index (χ3n) is 3.50. The van der Waals surface area contributed by atoms with E-state index in [1.54, 1.807) is 43.0 Å². The quantitative estimate of drug-likeness (QED) is 0.814. The Balaban J connectivity index is 1.96. The van der Waals surface area contributed by atoms with Crippen LogP contribution in [0.25, 0.3) is 0 Å². The van der Waals surface area contributed by atoms with Gasteiger partial charge in [0.1, 0.15) is 0 Å². The molecular formula is C16H21ClN2O3. The lowest BCUT2D eigenvalue weighted by Crippen LogP contribution is -2.41. The van der Waals surface area contributed by atoms with Crippen molar-refractivity contribution in [2.24, 2.45) is 5.92 Å². The first-order valence-corrected chi connectivity index (χ1v) is 7.89. The van der Waals surface area contributed by atoms with Crippen molar-refractivity contribution in [3.8, 4) is 0 Å². The molecule has 0 aliphatic heterocycles. The number of urea groups is 1. The second-order valence-electron chi connectivity index (χ2n) is 5.47. The fourth-order valence-electron chi connectivity index (χ4n) is 2.17. The predicted molar refractivity (Wildman–Crippen MR) is 86.0 cm³/mol. The SMILES string of the molecule is CCOC(=O)C(C)CN(C(=O)Nc1ccc(Cl)cc1)C1CC1. The lowest BCUT2D eigenvalue weighted by molar-refractivity contribution is -0.147. The van der Waals surface area contributed by atoms with Crippen molar-refractivity contribution in [1.82, 2.24) is 4.90 Å². The van der Waals surface area contributed by atoms with Gasteiger partial charge in [0.05, 0.1) is 12.5 Å². The first-order valence-electron chi connectivity index (χ1n) is 7.51. The molecule has 1 aromatic rings. The van der Waals surface area contributed by atoms with Crippen LogP contribution in [0.5, 0.6) is 0 Å². The van der Waals surface area contributed by atoms with Crippen LogP contribution in [-0.2, 0) is 9.53 Å². The molecule has 0 spiro atoms. The molecule has 1 N–H and O–H groups in total. The van der Waals surface area contributed by atoms with Gasteiger partial charge in [0, 0.05) is 23.3 Å². The highest BCUT2D eigenvalue weighted by molar-refractivity contribution is 6.30. The highest BCUT2D eigenvalue weighted by atomic mass is 35.5. The van der Waals surface area contributed by atoms with Crippen molar-refractivity contribution in [2.75, 3.05) is 18.5 Å². The van der Waals surface area contributed by atoms with Crippen LogP contribution in [0.15, 0.2) is 24.3 Å². The van der Waals surface area contributed by atoms with Gasteiger partial charge in [-0.3, -0.25) is 4.79 Å². The van der Waals surface area contributed by atoms with E-state index in [2.05, 4.69) is 5.32 Å². The Morgan fingerprint density at radius 2 is 2.00 bits per heavy atom. The normalized spacial score (nSPS) is 15.0. The number of esters is 1. The van der Waals surface area contributed by atoms with Crippen molar-refractivity contribution in [3.05, 3.63) is 29.3 Å². The zero-order valence-corrected chi connectivity index (χ0v) is 13.6. The molecule has 2 amide bonds. The number of carbonyl (C=O) groups is 2. The molecule has 120 valence electrons. The third-order valence-corrected chi connectivity index (χ3v) is 3.76. The molecule has 0 radical (unpaired) electrons. The molecular weight excluding hydrogens is 304 g/mol. The summed E-state index contributed by atoms with van der Waals surface area (Å²) in [5, 5.41) is 3.46. The summed E-state index contributed by atoms with van der Waals surface area (Å²) in [5.41, 5.74) is 0.684. The Hall–Kier alpha value is -1.75. The molecule has 1 atom stereocenters. The van der Waals surface area contributed by atoms with E-state index in [9.17, 15) is 9.59 Å². The molecule has 1 aromatic carbocycles. The summed E-state index contributed by atoms with van der Waals surface area (Å²) in [7, 11) is 0. The molecule has 22 heavy (non-hydrogen) atoms. The molecule has 0 aromatic heterocycles. The molecule has 2 rings (SSSR count). The molecule has 1 unspecified atom stereocenters. The van der Waals surface area contributed by atoms with Gasteiger partial charge in [0.25, 0.3) is 0 Å². The van der Waals surface area contributed by atoms with E-state index >= 15 is 0 Å². The molecule has 1 saturated carbocycles. The second kappa shape index (κ2) is 7.49. The summed E-state index contributed by atoms with van der Waals surface area (Å²) >= 11 is 5.83. The number of rotatable bonds is 6. The third kappa shape index (κ3) is 4.63. The Labute approximate surface area is 135 Å². The number of nitrogens with one attached hydrogen (secondary N) is 1. The molecule has 0 bridgehead atoms. The molecule has 5 nitrogen and oxygen atoms in total. The standard InChI is InChI=1S/C16H21ClN2O3/c1-3-22-15(20)11(2)10-19(14-8-9-14)16(21)18-13-6-4-12(17)5-7-13/h4-7,11,14H,3,8-10H2,1-2H3,(H,18,21). The Bertz CT molecular complexity index is 529. The molecule has 6 heteroatoms. The van der Waals surface area contributed by atoms with Crippen LogP contribution < -0.4 is 5.32 Å². The number of ether oxygens (including phenoxy) is 1. The maximum absolute atomic E-state index is 12.4. The van der Waals surface area contributed by atoms with Gasteiger partial charge in [0.2, 0.25) is 0 Å².